The van der Waals surface area contributed by atoms with E-state index >= 15 is 0 Å². The van der Waals surface area contributed by atoms with Gasteiger partial charge in [0.1, 0.15) is 6.17 Å². The van der Waals surface area contributed by atoms with E-state index in [1.54, 1.807) is 0 Å². The minimum atomic E-state index is 0.462. The van der Waals surface area contributed by atoms with Gasteiger partial charge in [0.15, 0.2) is 0 Å². The van der Waals surface area contributed by atoms with Crippen molar-refractivity contribution in [1.29, 1.82) is 0 Å². The minimum absolute atomic E-state index is 0.462. The summed E-state index contributed by atoms with van der Waals surface area (Å²) >= 11 is 0. The van der Waals surface area contributed by atoms with Gasteiger partial charge < -0.3 is 9.80 Å². The van der Waals surface area contributed by atoms with E-state index in [0.29, 0.717) is 11.6 Å². The molecule has 2 bridgehead atoms. The van der Waals surface area contributed by atoms with Crippen molar-refractivity contribution < 1.29 is 0 Å². The van der Waals surface area contributed by atoms with Crippen LogP contribution in [0.5, 0.6) is 0 Å². The van der Waals surface area contributed by atoms with E-state index in [1.165, 1.54) is 25.8 Å². The van der Waals surface area contributed by atoms with Crippen LogP contribution in [0.3, 0.4) is 0 Å². The molecule has 0 spiro atoms. The van der Waals surface area contributed by atoms with Crippen molar-refractivity contribution in [1.82, 2.24) is 9.80 Å². The zero-order valence-corrected chi connectivity index (χ0v) is 8.84. The number of fused-ring (bicyclic) bond motifs is 1. The van der Waals surface area contributed by atoms with Crippen LogP contribution in [0.4, 0.5) is 0 Å². The topological polar surface area (TPSA) is 6.48 Å². The first-order valence-electron chi connectivity index (χ1n) is 5.91. The quantitative estimate of drug-likeness (QED) is 0.674. The first-order valence-corrected chi connectivity index (χ1v) is 5.91. The van der Waals surface area contributed by atoms with Gasteiger partial charge in [0.05, 0.1) is 0 Å². The van der Waals surface area contributed by atoms with E-state index in [2.05, 4.69) is 46.6 Å². The van der Waals surface area contributed by atoms with Crippen molar-refractivity contribution >= 4 is 0 Å². The summed E-state index contributed by atoms with van der Waals surface area (Å²) in [7, 11) is 0. The molecular weight excluding hydrogens is 184 g/mol. The molecule has 2 heterocycles. The Labute approximate surface area is 90.5 Å². The van der Waals surface area contributed by atoms with Gasteiger partial charge in [0.25, 0.3) is 0 Å². The molecule has 2 aliphatic heterocycles. The van der Waals surface area contributed by atoms with Crippen LogP contribution in [0.2, 0.25) is 0 Å². The monoisotopic (exact) mass is 200 g/mol. The Hall–Kier alpha value is -1.18. The summed E-state index contributed by atoms with van der Waals surface area (Å²) < 4.78 is 0. The molecule has 0 aromatic rings. The summed E-state index contributed by atoms with van der Waals surface area (Å²) in [5.74, 6) is 1.09. The molecule has 2 nitrogen and oxygen atoms in total. The predicted octanol–water partition coefficient (Wildman–Crippen LogP) is 2.28. The summed E-state index contributed by atoms with van der Waals surface area (Å²) in [6, 6.07) is 0. The number of allylic oxidation sites excluding steroid dienone is 2. The third-order valence-electron chi connectivity index (χ3n) is 4.41. The predicted molar refractivity (Wildman–Crippen MR) is 59.5 cm³/mol. The maximum atomic E-state index is 2.50. The van der Waals surface area contributed by atoms with E-state index in [-0.39, 0.29) is 0 Å². The first kappa shape index (κ1) is 8.03. The van der Waals surface area contributed by atoms with Crippen LogP contribution < -0.4 is 0 Å². The second kappa shape index (κ2) is 2.49. The normalized spacial score (nSPS) is 44.0. The van der Waals surface area contributed by atoms with Crippen molar-refractivity contribution in [3.8, 4) is 0 Å². The molecule has 3 fully saturated rings. The highest BCUT2D eigenvalue weighted by Crippen LogP contribution is 2.64. The fourth-order valence-corrected chi connectivity index (χ4v) is 3.56. The molecular formula is C13H16N2. The van der Waals surface area contributed by atoms with Crippen molar-refractivity contribution in [3.05, 3.63) is 36.8 Å². The van der Waals surface area contributed by atoms with Crippen LogP contribution >= 0.6 is 0 Å². The third kappa shape index (κ3) is 0.996. The molecule has 3 aliphatic carbocycles. The second-order valence-electron chi connectivity index (χ2n) is 5.54. The lowest BCUT2D eigenvalue weighted by Gasteiger charge is -2.63. The van der Waals surface area contributed by atoms with Crippen LogP contribution in [0, 0.1) is 11.3 Å². The van der Waals surface area contributed by atoms with Crippen molar-refractivity contribution in [3.63, 3.8) is 0 Å². The van der Waals surface area contributed by atoms with Gasteiger partial charge in [0.2, 0.25) is 0 Å². The van der Waals surface area contributed by atoms with Gasteiger partial charge >= 0.3 is 0 Å². The maximum Gasteiger partial charge on any atom is 0.124 e. The molecule has 3 saturated carbocycles. The first-order chi connectivity index (χ1) is 7.35. The molecule has 78 valence electrons. The van der Waals surface area contributed by atoms with E-state index in [1.807, 2.05) is 0 Å². The average molecular weight is 200 g/mol. The Kier molecular flexibility index (Phi) is 1.33. The fraction of sp³-hybridized carbons (Fsp3) is 0.538. The average Bonchev–Trinajstić information content (AvgIpc) is 2.53. The zero-order valence-electron chi connectivity index (χ0n) is 8.84. The van der Waals surface area contributed by atoms with Crippen LogP contribution in [0.15, 0.2) is 36.8 Å². The van der Waals surface area contributed by atoms with Gasteiger partial charge in [-0.15, -0.1) is 0 Å². The third-order valence-corrected chi connectivity index (χ3v) is 4.41. The largest absolute Gasteiger partial charge is 0.352 e. The van der Waals surface area contributed by atoms with Crippen molar-refractivity contribution in [2.45, 2.75) is 25.4 Å². The zero-order chi connectivity index (χ0) is 9.88. The molecule has 2 heteroatoms. The molecule has 15 heavy (non-hydrogen) atoms. The van der Waals surface area contributed by atoms with Gasteiger partial charge in [-0.05, 0) is 42.7 Å². The summed E-state index contributed by atoms with van der Waals surface area (Å²) in [4.78, 5) is 4.78. The van der Waals surface area contributed by atoms with Crippen LogP contribution in [-0.2, 0) is 0 Å². The highest BCUT2D eigenvalue weighted by Gasteiger charge is 2.57. The van der Waals surface area contributed by atoms with E-state index in [4.69, 9.17) is 0 Å². The molecule has 0 aromatic carbocycles. The van der Waals surface area contributed by atoms with Gasteiger partial charge in [-0.3, -0.25) is 0 Å². The number of hydrogen-bond donors (Lipinski definition) is 0. The Balaban J connectivity index is 1.51. The summed E-state index contributed by atoms with van der Waals surface area (Å²) in [5.41, 5.74) is 0.708. The second-order valence-corrected chi connectivity index (χ2v) is 5.54. The number of rotatable bonds is 2. The van der Waals surface area contributed by atoms with E-state index in [0.717, 1.165) is 5.92 Å². The molecule has 0 amide bonds. The van der Waals surface area contributed by atoms with Crippen molar-refractivity contribution in [2.75, 3.05) is 6.54 Å². The van der Waals surface area contributed by atoms with E-state index < -0.39 is 0 Å². The molecule has 1 atom stereocenters. The van der Waals surface area contributed by atoms with Gasteiger partial charge in [0, 0.05) is 25.1 Å². The highest BCUT2D eigenvalue weighted by atomic mass is 15.4. The molecule has 5 rings (SSSR count). The Morgan fingerprint density at radius 1 is 1.07 bits per heavy atom. The standard InChI is InChI=1S/C13H16N2/c1-2-4-14-5-6-15(12(14)3-1)10-13-7-11(8-13)9-13/h1-6,11-12H,7-10H2. The lowest BCUT2D eigenvalue weighted by Crippen LogP contribution is -2.58. The van der Waals surface area contributed by atoms with Crippen molar-refractivity contribution in [2.24, 2.45) is 11.3 Å². The Morgan fingerprint density at radius 3 is 2.67 bits per heavy atom. The SMILES string of the molecule is C1=CC2N(C=C1)C=CN2CC12CC(C1)C2. The maximum absolute atomic E-state index is 2.50. The lowest BCUT2D eigenvalue weighted by atomic mass is 9.44. The van der Waals surface area contributed by atoms with Crippen LogP contribution in [0.1, 0.15) is 19.3 Å². The lowest BCUT2D eigenvalue weighted by molar-refractivity contribution is -0.122. The molecule has 0 radical (unpaired) electrons. The van der Waals surface area contributed by atoms with Crippen LogP contribution in [-0.4, -0.2) is 22.5 Å². The minimum Gasteiger partial charge on any atom is -0.352 e. The Morgan fingerprint density at radius 2 is 1.93 bits per heavy atom. The molecule has 0 aromatic heterocycles. The molecule has 0 saturated heterocycles. The summed E-state index contributed by atoms with van der Waals surface area (Å²) in [6.45, 7) is 1.26. The molecule has 0 N–H and O–H groups in total. The van der Waals surface area contributed by atoms with Crippen LogP contribution in [0.25, 0.3) is 0 Å². The summed E-state index contributed by atoms with van der Waals surface area (Å²) in [5, 5.41) is 0. The molecule has 1 unspecified atom stereocenters. The summed E-state index contributed by atoms with van der Waals surface area (Å²) in [6.07, 6.45) is 18.1. The van der Waals surface area contributed by atoms with Gasteiger partial charge in [-0.1, -0.05) is 6.08 Å². The van der Waals surface area contributed by atoms with E-state index in [9.17, 15) is 0 Å². The smallest absolute Gasteiger partial charge is 0.124 e. The van der Waals surface area contributed by atoms with Gasteiger partial charge in [-0.2, -0.15) is 0 Å². The molecule has 5 aliphatic rings. The number of nitrogens with zero attached hydrogens (tertiary/aromatic N) is 2. The Bertz CT molecular complexity index is 363. The van der Waals surface area contributed by atoms with Gasteiger partial charge in [-0.25, -0.2) is 0 Å². The number of hydrogen-bond acceptors (Lipinski definition) is 2. The fourth-order valence-electron chi connectivity index (χ4n) is 3.56. The highest BCUT2D eigenvalue weighted by molar-refractivity contribution is 5.20.